The van der Waals surface area contributed by atoms with Crippen molar-refractivity contribution in [3.63, 3.8) is 0 Å². The van der Waals surface area contributed by atoms with E-state index < -0.39 is 6.10 Å². The molecule has 0 saturated carbocycles. The lowest BCUT2D eigenvalue weighted by atomic mass is 9.90. The van der Waals surface area contributed by atoms with E-state index in [1.165, 1.54) is 0 Å². The van der Waals surface area contributed by atoms with Crippen molar-refractivity contribution in [1.82, 2.24) is 10.2 Å². The van der Waals surface area contributed by atoms with Crippen molar-refractivity contribution < 1.29 is 19.7 Å². The fourth-order valence-corrected chi connectivity index (χ4v) is 2.38. The SMILES string of the molecule is CCOC(=O)N1CC(NCCCO)CC(C(C)O)C1. The normalized spacial score (nSPS) is 25.2. The molecule has 0 aromatic rings. The van der Waals surface area contributed by atoms with Gasteiger partial charge in [0.15, 0.2) is 0 Å². The topological polar surface area (TPSA) is 82.0 Å². The summed E-state index contributed by atoms with van der Waals surface area (Å²) in [4.78, 5) is 13.4. The Hall–Kier alpha value is -0.850. The predicted octanol–water partition coefficient (Wildman–Crippen LogP) is 0.186. The standard InChI is InChI=1S/C13H26N2O4/c1-3-19-13(18)15-8-11(10(2)17)7-12(9-15)14-5-4-6-16/h10-12,14,16-17H,3-9H2,1-2H3. The Kier molecular flexibility index (Phi) is 7.12. The van der Waals surface area contributed by atoms with Gasteiger partial charge in [-0.1, -0.05) is 0 Å². The van der Waals surface area contributed by atoms with Crippen LogP contribution >= 0.6 is 0 Å². The molecule has 1 fully saturated rings. The van der Waals surface area contributed by atoms with Crippen molar-refractivity contribution in [2.45, 2.75) is 38.8 Å². The van der Waals surface area contributed by atoms with Gasteiger partial charge in [-0.15, -0.1) is 0 Å². The second kappa shape index (κ2) is 8.35. The molecule has 1 rings (SSSR count). The molecule has 1 aliphatic rings. The van der Waals surface area contributed by atoms with E-state index in [0.717, 1.165) is 6.42 Å². The minimum Gasteiger partial charge on any atom is -0.450 e. The van der Waals surface area contributed by atoms with Crippen molar-refractivity contribution in [2.24, 2.45) is 5.92 Å². The highest BCUT2D eigenvalue weighted by molar-refractivity contribution is 5.67. The first-order valence-corrected chi connectivity index (χ1v) is 7.02. The van der Waals surface area contributed by atoms with Crippen molar-refractivity contribution >= 4 is 6.09 Å². The van der Waals surface area contributed by atoms with E-state index in [1.807, 2.05) is 0 Å². The maximum absolute atomic E-state index is 11.8. The van der Waals surface area contributed by atoms with E-state index in [-0.39, 0.29) is 24.7 Å². The van der Waals surface area contributed by atoms with Crippen LogP contribution in [-0.4, -0.2) is 66.2 Å². The van der Waals surface area contributed by atoms with Crippen molar-refractivity contribution in [2.75, 3.05) is 32.8 Å². The number of piperidine rings is 1. The summed E-state index contributed by atoms with van der Waals surface area (Å²) in [6.45, 7) is 5.89. The van der Waals surface area contributed by atoms with Gasteiger partial charge in [-0.25, -0.2) is 4.79 Å². The van der Waals surface area contributed by atoms with Gasteiger partial charge in [-0.05, 0) is 33.2 Å². The molecular weight excluding hydrogens is 248 g/mol. The van der Waals surface area contributed by atoms with Gasteiger partial charge in [0.05, 0.1) is 12.7 Å². The Morgan fingerprint density at radius 3 is 2.84 bits per heavy atom. The Bertz CT molecular complexity index is 273. The van der Waals surface area contributed by atoms with E-state index in [4.69, 9.17) is 9.84 Å². The largest absolute Gasteiger partial charge is 0.450 e. The second-order valence-corrected chi connectivity index (χ2v) is 5.07. The number of carbonyl (C=O) groups is 1. The molecule has 0 aliphatic carbocycles. The van der Waals surface area contributed by atoms with Gasteiger partial charge >= 0.3 is 6.09 Å². The molecule has 3 N–H and O–H groups in total. The summed E-state index contributed by atoms with van der Waals surface area (Å²) >= 11 is 0. The molecule has 6 heteroatoms. The van der Waals surface area contributed by atoms with Gasteiger partial charge in [0.2, 0.25) is 0 Å². The summed E-state index contributed by atoms with van der Waals surface area (Å²) in [5.41, 5.74) is 0. The Labute approximate surface area is 114 Å². The third-order valence-corrected chi connectivity index (χ3v) is 3.46. The average Bonchev–Trinajstić information content (AvgIpc) is 2.39. The summed E-state index contributed by atoms with van der Waals surface area (Å²) in [5.74, 6) is 0.0600. The monoisotopic (exact) mass is 274 g/mol. The van der Waals surface area contributed by atoms with E-state index in [1.54, 1.807) is 18.7 Å². The van der Waals surface area contributed by atoms with Crippen LogP contribution in [0.2, 0.25) is 0 Å². The van der Waals surface area contributed by atoms with Gasteiger partial charge < -0.3 is 25.2 Å². The van der Waals surface area contributed by atoms with E-state index in [9.17, 15) is 9.90 Å². The lowest BCUT2D eigenvalue weighted by Crippen LogP contribution is -2.53. The lowest BCUT2D eigenvalue weighted by Gasteiger charge is -2.38. The van der Waals surface area contributed by atoms with Gasteiger partial charge in [0.1, 0.15) is 0 Å². The molecule has 1 amide bonds. The molecule has 0 radical (unpaired) electrons. The average molecular weight is 274 g/mol. The second-order valence-electron chi connectivity index (χ2n) is 5.07. The van der Waals surface area contributed by atoms with Gasteiger partial charge in [0, 0.05) is 31.7 Å². The maximum Gasteiger partial charge on any atom is 0.409 e. The Morgan fingerprint density at radius 1 is 1.53 bits per heavy atom. The molecular formula is C13H26N2O4. The number of nitrogens with one attached hydrogen (secondary N) is 1. The zero-order valence-electron chi connectivity index (χ0n) is 11.8. The third kappa shape index (κ3) is 5.34. The molecule has 6 nitrogen and oxygen atoms in total. The number of amides is 1. The van der Waals surface area contributed by atoms with Gasteiger partial charge in [0.25, 0.3) is 0 Å². The first-order valence-electron chi connectivity index (χ1n) is 7.02. The number of ether oxygens (including phenoxy) is 1. The third-order valence-electron chi connectivity index (χ3n) is 3.46. The highest BCUT2D eigenvalue weighted by Crippen LogP contribution is 2.21. The van der Waals surface area contributed by atoms with Crippen molar-refractivity contribution in [3.05, 3.63) is 0 Å². The highest BCUT2D eigenvalue weighted by atomic mass is 16.6. The number of nitrogens with zero attached hydrogens (tertiary/aromatic N) is 1. The molecule has 0 aromatic heterocycles. The van der Waals surface area contributed by atoms with Crippen LogP contribution in [0.25, 0.3) is 0 Å². The highest BCUT2D eigenvalue weighted by Gasteiger charge is 2.32. The minimum atomic E-state index is -0.445. The van der Waals surface area contributed by atoms with Crippen LogP contribution in [0.1, 0.15) is 26.7 Å². The fourth-order valence-electron chi connectivity index (χ4n) is 2.38. The predicted molar refractivity (Wildman–Crippen MR) is 71.9 cm³/mol. The molecule has 1 aliphatic heterocycles. The van der Waals surface area contributed by atoms with E-state index >= 15 is 0 Å². The molecule has 1 heterocycles. The first-order chi connectivity index (χ1) is 9.08. The zero-order chi connectivity index (χ0) is 14.3. The van der Waals surface area contributed by atoms with Crippen LogP contribution in [0.5, 0.6) is 0 Å². The van der Waals surface area contributed by atoms with Crippen LogP contribution in [0.4, 0.5) is 4.79 Å². The number of aliphatic hydroxyl groups is 2. The van der Waals surface area contributed by atoms with Crippen molar-refractivity contribution in [1.29, 1.82) is 0 Å². The summed E-state index contributed by atoms with van der Waals surface area (Å²) in [6.07, 6.45) is 0.759. The van der Waals surface area contributed by atoms with E-state index in [0.29, 0.717) is 32.7 Å². The number of aliphatic hydroxyl groups excluding tert-OH is 2. The van der Waals surface area contributed by atoms with Crippen molar-refractivity contribution in [3.8, 4) is 0 Å². The smallest absolute Gasteiger partial charge is 0.409 e. The molecule has 3 atom stereocenters. The molecule has 0 spiro atoms. The molecule has 0 bridgehead atoms. The number of rotatable bonds is 6. The zero-order valence-corrected chi connectivity index (χ0v) is 11.8. The van der Waals surface area contributed by atoms with Gasteiger partial charge in [-0.3, -0.25) is 0 Å². The first kappa shape index (κ1) is 16.2. The summed E-state index contributed by atoms with van der Waals surface area (Å²) < 4.78 is 5.02. The van der Waals surface area contributed by atoms with Crippen LogP contribution in [0, 0.1) is 5.92 Å². The molecule has 1 saturated heterocycles. The summed E-state index contributed by atoms with van der Waals surface area (Å²) in [5, 5.41) is 21.8. The van der Waals surface area contributed by atoms with Crippen LogP contribution in [-0.2, 0) is 4.74 Å². The number of hydrogen-bond donors (Lipinski definition) is 3. The fraction of sp³-hybridized carbons (Fsp3) is 0.923. The number of hydrogen-bond acceptors (Lipinski definition) is 5. The summed E-state index contributed by atoms with van der Waals surface area (Å²) in [7, 11) is 0. The van der Waals surface area contributed by atoms with Crippen LogP contribution in [0.3, 0.4) is 0 Å². The minimum absolute atomic E-state index is 0.0600. The lowest BCUT2D eigenvalue weighted by molar-refractivity contribution is 0.0377. The summed E-state index contributed by atoms with van der Waals surface area (Å²) in [6, 6.07) is 0.143. The number of carbonyl (C=O) groups excluding carboxylic acids is 1. The molecule has 0 aromatic carbocycles. The van der Waals surface area contributed by atoms with Gasteiger partial charge in [-0.2, -0.15) is 0 Å². The van der Waals surface area contributed by atoms with E-state index in [2.05, 4.69) is 5.32 Å². The maximum atomic E-state index is 11.8. The molecule has 112 valence electrons. The quantitative estimate of drug-likeness (QED) is 0.602. The number of likely N-dealkylation sites (tertiary alicyclic amines) is 1. The Morgan fingerprint density at radius 2 is 2.26 bits per heavy atom. The van der Waals surface area contributed by atoms with Crippen LogP contribution in [0.15, 0.2) is 0 Å². The Balaban J connectivity index is 2.54. The van der Waals surface area contributed by atoms with Crippen LogP contribution < -0.4 is 5.32 Å². The molecule has 3 unspecified atom stereocenters. The molecule has 19 heavy (non-hydrogen) atoms.